The summed E-state index contributed by atoms with van der Waals surface area (Å²) in [4.78, 5) is 27.6. The second kappa shape index (κ2) is 5.67. The fourth-order valence-electron chi connectivity index (χ4n) is 2.29. The Hall–Kier alpha value is -0.840. The maximum atomic E-state index is 12.0. The van der Waals surface area contributed by atoms with Crippen molar-refractivity contribution in [3.63, 3.8) is 0 Å². The number of hydrogen-bond donors (Lipinski definition) is 1. The quantitative estimate of drug-likeness (QED) is 0.779. The van der Waals surface area contributed by atoms with Crippen LogP contribution in [0.3, 0.4) is 0 Å². The van der Waals surface area contributed by atoms with Gasteiger partial charge in [0.05, 0.1) is 6.04 Å². The number of thioether (sulfide) groups is 1. The lowest BCUT2D eigenvalue weighted by Gasteiger charge is -2.21. The highest BCUT2D eigenvalue weighted by Crippen LogP contribution is 2.28. The molecule has 0 saturated heterocycles. The molecule has 0 aromatic heterocycles. The first kappa shape index (κ1) is 12.6. The summed E-state index contributed by atoms with van der Waals surface area (Å²) in [5, 5.41) is 3.32. The van der Waals surface area contributed by atoms with Crippen molar-refractivity contribution in [2.75, 3.05) is 0 Å². The average molecular weight is 254 g/mol. The van der Waals surface area contributed by atoms with Crippen LogP contribution in [-0.4, -0.2) is 22.2 Å². The molecule has 1 atom stereocenters. The first-order valence-corrected chi connectivity index (χ1v) is 7.06. The van der Waals surface area contributed by atoms with Crippen molar-refractivity contribution in [1.82, 2.24) is 5.32 Å². The molecule has 1 aliphatic heterocycles. The summed E-state index contributed by atoms with van der Waals surface area (Å²) >= 11 is 1.11. The third-order valence-corrected chi connectivity index (χ3v) is 4.14. The Morgan fingerprint density at radius 2 is 2.06 bits per heavy atom. The van der Waals surface area contributed by atoms with Crippen molar-refractivity contribution in [3.8, 4) is 0 Å². The van der Waals surface area contributed by atoms with Crippen LogP contribution in [0.2, 0.25) is 0 Å². The average Bonchev–Trinajstić information content (AvgIpc) is 2.28. The van der Waals surface area contributed by atoms with Crippen molar-refractivity contribution < 1.29 is 9.59 Å². The van der Waals surface area contributed by atoms with Crippen molar-refractivity contribution in [2.45, 2.75) is 51.5 Å². The molecule has 1 aliphatic carbocycles. The van der Waals surface area contributed by atoms with E-state index in [0.717, 1.165) is 37.4 Å². The Bertz CT molecular complexity index is 348. The second-order valence-corrected chi connectivity index (χ2v) is 5.78. The lowest BCUT2D eigenvalue weighted by atomic mass is 9.90. The fraction of sp³-hybridized carbons (Fsp3) is 0.750. The van der Waals surface area contributed by atoms with Crippen LogP contribution in [-0.2, 0) is 9.59 Å². The Labute approximate surface area is 106 Å². The molecule has 0 radical (unpaired) electrons. The van der Waals surface area contributed by atoms with E-state index in [1.807, 2.05) is 6.92 Å². The summed E-state index contributed by atoms with van der Waals surface area (Å²) in [6.07, 6.45) is 5.93. The number of amides is 1. The van der Waals surface area contributed by atoms with Gasteiger partial charge in [-0.05, 0) is 31.5 Å². The van der Waals surface area contributed by atoms with Crippen LogP contribution in [0.5, 0.6) is 0 Å². The highest BCUT2D eigenvalue weighted by atomic mass is 32.2. The van der Waals surface area contributed by atoms with Gasteiger partial charge in [0, 0.05) is 12.3 Å². The molecule has 2 aliphatic rings. The van der Waals surface area contributed by atoms with Gasteiger partial charge in [0.15, 0.2) is 10.3 Å². The number of hydrogen-bond acceptors (Lipinski definition) is 4. The molecule has 0 bridgehead atoms. The summed E-state index contributed by atoms with van der Waals surface area (Å²) in [5.41, 5.74) is 0. The minimum absolute atomic E-state index is 0.00888. The Balaban J connectivity index is 1.91. The third kappa shape index (κ3) is 3.56. The van der Waals surface area contributed by atoms with E-state index in [2.05, 4.69) is 10.3 Å². The third-order valence-electron chi connectivity index (χ3n) is 3.20. The minimum Gasteiger partial charge on any atom is -0.305 e. The van der Waals surface area contributed by atoms with Crippen molar-refractivity contribution in [1.29, 1.82) is 0 Å². The van der Waals surface area contributed by atoms with E-state index in [1.54, 1.807) is 0 Å². The molecule has 17 heavy (non-hydrogen) atoms. The molecule has 0 spiro atoms. The first-order valence-electron chi connectivity index (χ1n) is 6.24. The molecule has 5 heteroatoms. The largest absolute Gasteiger partial charge is 0.305 e. The summed E-state index contributed by atoms with van der Waals surface area (Å²) < 4.78 is 0. The van der Waals surface area contributed by atoms with Gasteiger partial charge in [0.2, 0.25) is 5.91 Å². The van der Waals surface area contributed by atoms with Crippen molar-refractivity contribution >= 4 is 28.0 Å². The smallest absolute Gasteiger partial charge is 0.228 e. The maximum Gasteiger partial charge on any atom is 0.228 e. The molecular formula is C12H18N2O2S. The molecule has 2 rings (SSSR count). The number of nitrogens with zero attached hydrogens (tertiary/aromatic N) is 1. The molecule has 1 fully saturated rings. The Morgan fingerprint density at radius 3 is 2.71 bits per heavy atom. The SMILES string of the molecule is C[C@H]1CC(=O)NC(SC(=O)C2CCCCC2)=N1. The standard InChI is InChI=1S/C12H18N2O2S/c1-8-7-10(15)14-12(13-8)17-11(16)9-5-3-2-4-6-9/h8-9H,2-7H2,1H3,(H,13,14,15)/t8-/m0/s1. The number of rotatable bonds is 1. The monoisotopic (exact) mass is 254 g/mol. The van der Waals surface area contributed by atoms with Gasteiger partial charge in [0.25, 0.3) is 0 Å². The molecule has 1 heterocycles. The number of nitrogens with one attached hydrogen (secondary N) is 1. The van der Waals surface area contributed by atoms with E-state index in [-0.39, 0.29) is 23.0 Å². The van der Waals surface area contributed by atoms with Crippen LogP contribution in [0.25, 0.3) is 0 Å². The van der Waals surface area contributed by atoms with Gasteiger partial charge in [0.1, 0.15) is 0 Å². The first-order chi connectivity index (χ1) is 8.15. The number of carbonyl (C=O) groups excluding carboxylic acids is 2. The maximum absolute atomic E-state index is 12.0. The van der Waals surface area contributed by atoms with Crippen LogP contribution in [0, 0.1) is 5.92 Å². The van der Waals surface area contributed by atoms with Gasteiger partial charge in [-0.15, -0.1) is 0 Å². The minimum atomic E-state index is -0.0357. The molecule has 0 aromatic rings. The van der Waals surface area contributed by atoms with Crippen LogP contribution in [0.15, 0.2) is 4.99 Å². The predicted molar refractivity (Wildman–Crippen MR) is 68.8 cm³/mol. The number of carbonyl (C=O) groups is 2. The van der Waals surface area contributed by atoms with E-state index in [4.69, 9.17) is 0 Å². The number of aliphatic imine (C=N–C) groups is 1. The van der Waals surface area contributed by atoms with E-state index in [1.165, 1.54) is 6.42 Å². The van der Waals surface area contributed by atoms with Gasteiger partial charge >= 0.3 is 0 Å². The summed E-state index contributed by atoms with van der Waals surface area (Å²) in [5.74, 6) is 0.122. The molecule has 94 valence electrons. The molecule has 1 saturated carbocycles. The van der Waals surface area contributed by atoms with Gasteiger partial charge in [-0.2, -0.15) is 0 Å². The van der Waals surface area contributed by atoms with E-state index in [0.29, 0.717) is 11.6 Å². The molecule has 0 unspecified atom stereocenters. The highest BCUT2D eigenvalue weighted by molar-refractivity contribution is 8.26. The fourth-order valence-corrected chi connectivity index (χ4v) is 3.28. The van der Waals surface area contributed by atoms with Gasteiger partial charge in [-0.3, -0.25) is 14.6 Å². The Morgan fingerprint density at radius 1 is 1.35 bits per heavy atom. The van der Waals surface area contributed by atoms with Gasteiger partial charge < -0.3 is 5.32 Å². The van der Waals surface area contributed by atoms with Gasteiger partial charge in [-0.1, -0.05) is 19.3 Å². The Kier molecular flexibility index (Phi) is 4.20. The molecule has 1 amide bonds. The molecule has 0 aromatic carbocycles. The van der Waals surface area contributed by atoms with E-state index < -0.39 is 0 Å². The van der Waals surface area contributed by atoms with Crippen LogP contribution in [0.4, 0.5) is 0 Å². The lowest BCUT2D eigenvalue weighted by Crippen LogP contribution is -2.37. The topological polar surface area (TPSA) is 58.5 Å². The summed E-state index contributed by atoms with van der Waals surface area (Å²) in [6, 6.07) is -0.00888. The second-order valence-electron chi connectivity index (χ2n) is 4.79. The van der Waals surface area contributed by atoms with E-state index in [9.17, 15) is 9.59 Å². The number of amidine groups is 1. The van der Waals surface area contributed by atoms with E-state index >= 15 is 0 Å². The van der Waals surface area contributed by atoms with Gasteiger partial charge in [-0.25, -0.2) is 0 Å². The zero-order valence-corrected chi connectivity index (χ0v) is 10.9. The van der Waals surface area contributed by atoms with Crippen LogP contribution < -0.4 is 5.32 Å². The summed E-state index contributed by atoms with van der Waals surface area (Å²) in [7, 11) is 0. The van der Waals surface area contributed by atoms with Crippen LogP contribution >= 0.6 is 11.8 Å². The molecule has 1 N–H and O–H groups in total. The van der Waals surface area contributed by atoms with Crippen molar-refractivity contribution in [3.05, 3.63) is 0 Å². The lowest BCUT2D eigenvalue weighted by molar-refractivity contribution is -0.120. The normalized spacial score (nSPS) is 26.3. The van der Waals surface area contributed by atoms with Crippen molar-refractivity contribution in [2.24, 2.45) is 10.9 Å². The predicted octanol–water partition coefficient (Wildman–Crippen LogP) is 2.09. The zero-order chi connectivity index (χ0) is 12.3. The van der Waals surface area contributed by atoms with Crippen LogP contribution in [0.1, 0.15) is 45.4 Å². The molecule has 4 nitrogen and oxygen atoms in total. The summed E-state index contributed by atoms with van der Waals surface area (Å²) in [6.45, 7) is 1.89. The zero-order valence-electron chi connectivity index (χ0n) is 10.1. The highest BCUT2D eigenvalue weighted by Gasteiger charge is 2.25. The molecular weight excluding hydrogens is 236 g/mol.